The van der Waals surface area contributed by atoms with Crippen molar-refractivity contribution in [1.82, 2.24) is 5.43 Å². The smallest absolute Gasteiger partial charge is 0.249 e. The fourth-order valence-corrected chi connectivity index (χ4v) is 3.88. The Morgan fingerprint density at radius 3 is 2.49 bits per heavy atom. The van der Waals surface area contributed by atoms with Crippen LogP contribution >= 0.6 is 15.9 Å². The lowest BCUT2D eigenvalue weighted by molar-refractivity contribution is -0.126. The van der Waals surface area contributed by atoms with Crippen molar-refractivity contribution in [1.29, 1.82) is 0 Å². The first-order valence-corrected chi connectivity index (χ1v) is 12.0. The molecule has 0 radical (unpaired) electrons. The summed E-state index contributed by atoms with van der Waals surface area (Å²) in [5.74, 6) is 0.208. The van der Waals surface area contributed by atoms with Crippen molar-refractivity contribution >= 4 is 39.6 Å². The molecule has 0 bridgehead atoms. The molecule has 0 unspecified atom stereocenters. The molecule has 2 N–H and O–H groups in total. The van der Waals surface area contributed by atoms with Gasteiger partial charge in [0.05, 0.1) is 17.3 Å². The second-order valence-electron chi connectivity index (χ2n) is 7.87. The highest BCUT2D eigenvalue weighted by Crippen LogP contribution is 2.37. The van der Waals surface area contributed by atoms with Crippen LogP contribution in [0.25, 0.3) is 0 Å². The minimum absolute atomic E-state index is 0.342. The number of carbonyl (C=O) groups excluding carboxylic acids is 2. The standard InChI is InChI=1S/C27H28BrN3O4/c1-4-34-24-14-21(13-22(28)27(24)35-17-20-8-6-5-7-9-20)16-29-31-26(33)15-25(32)30-23-11-10-18(2)12-19(23)3/h5-14,16H,4,15,17H2,1-3H3,(H,30,32)(H,31,33). The first-order chi connectivity index (χ1) is 16.9. The van der Waals surface area contributed by atoms with Gasteiger partial charge in [-0.2, -0.15) is 5.10 Å². The van der Waals surface area contributed by atoms with Crippen LogP contribution < -0.4 is 20.2 Å². The SMILES string of the molecule is CCOc1cc(C=NNC(=O)CC(=O)Nc2ccc(C)cc2C)cc(Br)c1OCc1ccccc1. The summed E-state index contributed by atoms with van der Waals surface area (Å²) in [5.41, 5.74) is 6.83. The number of nitrogens with one attached hydrogen (secondary N) is 2. The van der Waals surface area contributed by atoms with Gasteiger partial charge in [-0.05, 0) is 71.6 Å². The zero-order valence-corrected chi connectivity index (χ0v) is 21.5. The van der Waals surface area contributed by atoms with Crippen LogP contribution in [0.15, 0.2) is 70.2 Å². The van der Waals surface area contributed by atoms with Crippen LogP contribution in [-0.4, -0.2) is 24.6 Å². The normalized spacial score (nSPS) is 10.7. The number of nitrogens with zero attached hydrogens (tertiary/aromatic N) is 1. The molecule has 182 valence electrons. The highest BCUT2D eigenvalue weighted by atomic mass is 79.9. The average molecular weight is 538 g/mol. The van der Waals surface area contributed by atoms with Gasteiger partial charge in [-0.3, -0.25) is 9.59 Å². The van der Waals surface area contributed by atoms with Crippen molar-refractivity contribution in [3.05, 3.63) is 87.4 Å². The number of carbonyl (C=O) groups is 2. The number of halogens is 1. The van der Waals surface area contributed by atoms with Gasteiger partial charge in [-0.25, -0.2) is 5.43 Å². The van der Waals surface area contributed by atoms with E-state index in [1.54, 1.807) is 6.07 Å². The Balaban J connectivity index is 1.59. The van der Waals surface area contributed by atoms with Crippen LogP contribution in [-0.2, 0) is 16.2 Å². The maximum absolute atomic E-state index is 12.2. The van der Waals surface area contributed by atoms with Crippen molar-refractivity contribution in [2.24, 2.45) is 5.10 Å². The summed E-state index contributed by atoms with van der Waals surface area (Å²) in [5, 5.41) is 6.72. The molecule has 0 spiro atoms. The molecule has 2 amide bonds. The van der Waals surface area contributed by atoms with Crippen LogP contribution in [0.1, 0.15) is 35.6 Å². The minimum Gasteiger partial charge on any atom is -0.490 e. The van der Waals surface area contributed by atoms with Gasteiger partial charge < -0.3 is 14.8 Å². The van der Waals surface area contributed by atoms with E-state index in [2.05, 4.69) is 31.8 Å². The van der Waals surface area contributed by atoms with Crippen molar-refractivity contribution in [3.63, 3.8) is 0 Å². The van der Waals surface area contributed by atoms with Crippen LogP contribution in [0.2, 0.25) is 0 Å². The molecule has 3 aromatic rings. The van der Waals surface area contributed by atoms with E-state index in [4.69, 9.17) is 9.47 Å². The number of ether oxygens (including phenoxy) is 2. The molecule has 3 aromatic carbocycles. The van der Waals surface area contributed by atoms with E-state index in [-0.39, 0.29) is 6.42 Å². The largest absolute Gasteiger partial charge is 0.490 e. The lowest BCUT2D eigenvalue weighted by Gasteiger charge is -2.14. The lowest BCUT2D eigenvalue weighted by Crippen LogP contribution is -2.24. The Morgan fingerprint density at radius 1 is 1.00 bits per heavy atom. The third-order valence-electron chi connectivity index (χ3n) is 4.94. The zero-order valence-electron chi connectivity index (χ0n) is 19.9. The number of rotatable bonds is 10. The number of benzene rings is 3. The summed E-state index contributed by atoms with van der Waals surface area (Å²) < 4.78 is 12.4. The second kappa shape index (κ2) is 12.7. The Morgan fingerprint density at radius 2 is 1.77 bits per heavy atom. The summed E-state index contributed by atoms with van der Waals surface area (Å²) in [7, 11) is 0. The molecule has 0 saturated carbocycles. The molecular weight excluding hydrogens is 510 g/mol. The summed E-state index contributed by atoms with van der Waals surface area (Å²) >= 11 is 3.53. The fraction of sp³-hybridized carbons (Fsp3) is 0.222. The van der Waals surface area contributed by atoms with Crippen LogP contribution in [0.3, 0.4) is 0 Å². The van der Waals surface area contributed by atoms with E-state index in [0.717, 1.165) is 16.7 Å². The van der Waals surface area contributed by atoms with Gasteiger partial charge in [0.25, 0.3) is 0 Å². The number of hydrogen-bond donors (Lipinski definition) is 2. The second-order valence-corrected chi connectivity index (χ2v) is 8.73. The average Bonchev–Trinajstić information content (AvgIpc) is 2.81. The van der Waals surface area contributed by atoms with Gasteiger partial charge in [-0.15, -0.1) is 0 Å². The molecule has 7 nitrogen and oxygen atoms in total. The summed E-state index contributed by atoms with van der Waals surface area (Å²) in [4.78, 5) is 24.3. The lowest BCUT2D eigenvalue weighted by atomic mass is 10.1. The van der Waals surface area contributed by atoms with E-state index in [9.17, 15) is 9.59 Å². The molecule has 3 rings (SSSR count). The topological polar surface area (TPSA) is 89.0 Å². The van der Waals surface area contributed by atoms with Crippen molar-refractivity contribution < 1.29 is 19.1 Å². The van der Waals surface area contributed by atoms with Crippen molar-refractivity contribution in [2.45, 2.75) is 33.8 Å². The Kier molecular flexibility index (Phi) is 9.43. The van der Waals surface area contributed by atoms with Gasteiger partial charge in [0.1, 0.15) is 13.0 Å². The highest BCUT2D eigenvalue weighted by Gasteiger charge is 2.13. The van der Waals surface area contributed by atoms with E-state index in [1.165, 1.54) is 6.21 Å². The Labute approximate surface area is 213 Å². The molecule has 8 heteroatoms. The first-order valence-electron chi connectivity index (χ1n) is 11.2. The van der Waals surface area contributed by atoms with Gasteiger partial charge >= 0.3 is 0 Å². The highest BCUT2D eigenvalue weighted by molar-refractivity contribution is 9.10. The van der Waals surface area contributed by atoms with Crippen LogP contribution in [0.4, 0.5) is 5.69 Å². The van der Waals surface area contributed by atoms with Crippen molar-refractivity contribution in [2.75, 3.05) is 11.9 Å². The monoisotopic (exact) mass is 537 g/mol. The first kappa shape index (κ1) is 26.0. The van der Waals surface area contributed by atoms with Gasteiger partial charge in [0.15, 0.2) is 11.5 Å². The van der Waals surface area contributed by atoms with Crippen molar-refractivity contribution in [3.8, 4) is 11.5 Å². The maximum atomic E-state index is 12.2. The molecule has 0 saturated heterocycles. The van der Waals surface area contributed by atoms with E-state index >= 15 is 0 Å². The third kappa shape index (κ3) is 7.96. The molecule has 0 aliphatic carbocycles. The zero-order chi connectivity index (χ0) is 25.2. The minimum atomic E-state index is -0.518. The number of anilines is 1. The quantitative estimate of drug-likeness (QED) is 0.202. The number of hydrogen-bond acceptors (Lipinski definition) is 5. The summed E-state index contributed by atoms with van der Waals surface area (Å²) in [6.07, 6.45) is 1.14. The summed E-state index contributed by atoms with van der Waals surface area (Å²) in [6, 6.07) is 19.1. The molecule has 0 heterocycles. The number of aryl methyl sites for hydroxylation is 2. The summed E-state index contributed by atoms with van der Waals surface area (Å²) in [6.45, 7) is 6.62. The third-order valence-corrected chi connectivity index (χ3v) is 5.53. The molecule has 0 aromatic heterocycles. The molecule has 35 heavy (non-hydrogen) atoms. The van der Waals surface area contributed by atoms with Gasteiger partial charge in [0, 0.05) is 5.69 Å². The molecule has 0 aliphatic rings. The molecule has 0 aliphatic heterocycles. The molecule has 0 atom stereocenters. The van der Waals surface area contributed by atoms with Crippen LogP contribution in [0.5, 0.6) is 11.5 Å². The predicted octanol–water partition coefficient (Wildman–Crippen LogP) is 5.52. The van der Waals surface area contributed by atoms with E-state index in [0.29, 0.717) is 40.4 Å². The van der Waals surface area contributed by atoms with Gasteiger partial charge in [0.2, 0.25) is 11.8 Å². The van der Waals surface area contributed by atoms with E-state index < -0.39 is 11.8 Å². The van der Waals surface area contributed by atoms with E-state index in [1.807, 2.05) is 75.4 Å². The number of amides is 2. The molecule has 0 fully saturated rings. The van der Waals surface area contributed by atoms with Gasteiger partial charge in [-0.1, -0.05) is 48.0 Å². The predicted molar refractivity (Wildman–Crippen MR) is 141 cm³/mol. The Hall–Kier alpha value is -3.65. The maximum Gasteiger partial charge on any atom is 0.249 e. The van der Waals surface area contributed by atoms with Crippen LogP contribution in [0, 0.1) is 13.8 Å². The fourth-order valence-electron chi connectivity index (χ4n) is 3.31. The number of hydrazone groups is 1. The molecular formula is C27H28BrN3O4. The Bertz CT molecular complexity index is 1210.